The molecule has 0 saturated carbocycles. The molecule has 0 radical (unpaired) electrons. The molecule has 1 aliphatic heterocycles. The Kier molecular flexibility index (Phi) is 4.57. The highest BCUT2D eigenvalue weighted by atomic mass is 19.4. The zero-order valence-corrected chi connectivity index (χ0v) is 12.8. The fourth-order valence-corrected chi connectivity index (χ4v) is 2.64. The van der Waals surface area contributed by atoms with E-state index in [-0.39, 0.29) is 37.8 Å². The predicted octanol–water partition coefficient (Wildman–Crippen LogP) is 2.66. The Balaban J connectivity index is 1.61. The van der Waals surface area contributed by atoms with Crippen LogP contribution in [-0.4, -0.2) is 59.8 Å². The zero-order valence-electron chi connectivity index (χ0n) is 12.8. The van der Waals surface area contributed by atoms with Crippen molar-refractivity contribution in [1.29, 1.82) is 0 Å². The van der Waals surface area contributed by atoms with Crippen LogP contribution in [0.1, 0.15) is 10.5 Å². The summed E-state index contributed by atoms with van der Waals surface area (Å²) < 4.78 is 42.3. The SMILES string of the molecule is O=C(c1cc(-c2ccccc2)on1)N1CCN(CC(F)(F)F)CC1. The Bertz CT molecular complexity index is 692. The average Bonchev–Trinajstić information content (AvgIpc) is 3.04. The van der Waals surface area contributed by atoms with Crippen molar-refractivity contribution in [3.63, 3.8) is 0 Å². The van der Waals surface area contributed by atoms with Crippen LogP contribution >= 0.6 is 0 Å². The van der Waals surface area contributed by atoms with Crippen molar-refractivity contribution in [2.45, 2.75) is 6.18 Å². The van der Waals surface area contributed by atoms with Crippen LogP contribution in [0.25, 0.3) is 11.3 Å². The molecule has 0 atom stereocenters. The van der Waals surface area contributed by atoms with Gasteiger partial charge in [-0.2, -0.15) is 13.2 Å². The van der Waals surface area contributed by atoms with Crippen molar-refractivity contribution in [2.75, 3.05) is 32.7 Å². The number of carbonyl (C=O) groups excluding carboxylic acids is 1. The number of alkyl halides is 3. The summed E-state index contributed by atoms with van der Waals surface area (Å²) in [6.07, 6.45) is -4.22. The van der Waals surface area contributed by atoms with E-state index in [0.29, 0.717) is 5.76 Å². The molecule has 8 heteroatoms. The smallest absolute Gasteiger partial charge is 0.355 e. The van der Waals surface area contributed by atoms with E-state index in [4.69, 9.17) is 4.52 Å². The molecule has 0 bridgehead atoms. The highest BCUT2D eigenvalue weighted by Gasteiger charge is 2.33. The molecule has 0 spiro atoms. The summed E-state index contributed by atoms with van der Waals surface area (Å²) in [7, 11) is 0. The normalized spacial score (nSPS) is 16.4. The lowest BCUT2D eigenvalue weighted by molar-refractivity contribution is -0.148. The van der Waals surface area contributed by atoms with Crippen molar-refractivity contribution < 1.29 is 22.5 Å². The van der Waals surface area contributed by atoms with Crippen molar-refractivity contribution in [1.82, 2.24) is 15.0 Å². The summed E-state index contributed by atoms with van der Waals surface area (Å²) in [4.78, 5) is 15.2. The molecule has 5 nitrogen and oxygen atoms in total. The van der Waals surface area contributed by atoms with Crippen LogP contribution in [0.2, 0.25) is 0 Å². The fourth-order valence-electron chi connectivity index (χ4n) is 2.64. The lowest BCUT2D eigenvalue weighted by Gasteiger charge is -2.34. The van der Waals surface area contributed by atoms with Gasteiger partial charge >= 0.3 is 6.18 Å². The van der Waals surface area contributed by atoms with Gasteiger partial charge in [-0.1, -0.05) is 35.5 Å². The molecule has 2 aromatic rings. The monoisotopic (exact) mass is 339 g/mol. The lowest BCUT2D eigenvalue weighted by Crippen LogP contribution is -2.51. The van der Waals surface area contributed by atoms with E-state index in [1.807, 2.05) is 30.3 Å². The summed E-state index contributed by atoms with van der Waals surface area (Å²) in [5.74, 6) is 0.155. The molecule has 1 fully saturated rings. The predicted molar refractivity (Wildman–Crippen MR) is 80.3 cm³/mol. The molecule has 3 rings (SSSR count). The third kappa shape index (κ3) is 3.94. The number of nitrogens with zero attached hydrogens (tertiary/aromatic N) is 3. The number of benzene rings is 1. The Morgan fingerprint density at radius 1 is 1.12 bits per heavy atom. The highest BCUT2D eigenvalue weighted by Crippen LogP contribution is 2.21. The van der Waals surface area contributed by atoms with Gasteiger partial charge in [0, 0.05) is 37.8 Å². The van der Waals surface area contributed by atoms with Gasteiger partial charge in [-0.05, 0) is 0 Å². The van der Waals surface area contributed by atoms with Crippen LogP contribution in [0.3, 0.4) is 0 Å². The Labute approximate surface area is 136 Å². The third-order valence-electron chi connectivity index (χ3n) is 3.85. The molecule has 1 aromatic heterocycles. The van der Waals surface area contributed by atoms with Crippen molar-refractivity contribution in [3.05, 3.63) is 42.1 Å². The van der Waals surface area contributed by atoms with Gasteiger partial charge in [0.15, 0.2) is 11.5 Å². The lowest BCUT2D eigenvalue weighted by atomic mass is 10.1. The van der Waals surface area contributed by atoms with Crippen LogP contribution < -0.4 is 0 Å². The van der Waals surface area contributed by atoms with Crippen LogP contribution in [0, 0.1) is 0 Å². The van der Waals surface area contributed by atoms with Gasteiger partial charge in [-0.3, -0.25) is 9.69 Å². The van der Waals surface area contributed by atoms with Gasteiger partial charge in [-0.15, -0.1) is 0 Å². The van der Waals surface area contributed by atoms with Gasteiger partial charge in [-0.25, -0.2) is 0 Å². The van der Waals surface area contributed by atoms with E-state index in [1.54, 1.807) is 6.07 Å². The molecule has 0 unspecified atom stereocenters. The van der Waals surface area contributed by atoms with E-state index < -0.39 is 12.7 Å². The molecular formula is C16H16F3N3O2. The quantitative estimate of drug-likeness (QED) is 0.863. The van der Waals surface area contributed by atoms with Gasteiger partial charge in [0.1, 0.15) is 0 Å². The Morgan fingerprint density at radius 2 is 1.79 bits per heavy atom. The Morgan fingerprint density at radius 3 is 2.42 bits per heavy atom. The molecule has 128 valence electrons. The van der Waals surface area contributed by atoms with E-state index in [1.165, 1.54) is 9.80 Å². The first-order valence-corrected chi connectivity index (χ1v) is 7.53. The molecule has 24 heavy (non-hydrogen) atoms. The number of piperazine rings is 1. The summed E-state index contributed by atoms with van der Waals surface area (Å²) in [5, 5.41) is 3.79. The summed E-state index contributed by atoms with van der Waals surface area (Å²) in [6, 6.07) is 10.8. The second kappa shape index (κ2) is 6.64. The largest absolute Gasteiger partial charge is 0.401 e. The van der Waals surface area contributed by atoms with Crippen molar-refractivity contribution in [2.24, 2.45) is 0 Å². The van der Waals surface area contributed by atoms with E-state index in [2.05, 4.69) is 5.16 Å². The topological polar surface area (TPSA) is 49.6 Å². The van der Waals surface area contributed by atoms with E-state index in [9.17, 15) is 18.0 Å². The second-order valence-corrected chi connectivity index (χ2v) is 5.63. The van der Waals surface area contributed by atoms with Crippen LogP contribution in [0.5, 0.6) is 0 Å². The van der Waals surface area contributed by atoms with Crippen LogP contribution in [0.15, 0.2) is 40.9 Å². The minimum atomic E-state index is -4.22. The third-order valence-corrected chi connectivity index (χ3v) is 3.85. The number of halogens is 3. The highest BCUT2D eigenvalue weighted by molar-refractivity contribution is 5.93. The first-order valence-electron chi connectivity index (χ1n) is 7.53. The molecular weight excluding hydrogens is 323 g/mol. The maximum absolute atomic E-state index is 12.4. The number of hydrogen-bond donors (Lipinski definition) is 0. The van der Waals surface area contributed by atoms with Gasteiger partial charge < -0.3 is 9.42 Å². The van der Waals surface area contributed by atoms with Gasteiger partial charge in [0.25, 0.3) is 5.91 Å². The standard InChI is InChI=1S/C16H16F3N3O2/c17-16(18,19)11-21-6-8-22(9-7-21)15(23)13-10-14(24-20-13)12-4-2-1-3-5-12/h1-5,10H,6-9,11H2. The summed E-state index contributed by atoms with van der Waals surface area (Å²) in [5.41, 5.74) is 0.970. The van der Waals surface area contributed by atoms with Crippen molar-refractivity contribution >= 4 is 5.91 Å². The minimum Gasteiger partial charge on any atom is -0.355 e. The molecule has 1 saturated heterocycles. The first-order chi connectivity index (χ1) is 11.4. The first kappa shape index (κ1) is 16.5. The fraction of sp³-hybridized carbons (Fsp3) is 0.375. The summed E-state index contributed by atoms with van der Waals surface area (Å²) >= 11 is 0. The molecule has 0 N–H and O–H groups in total. The number of hydrogen-bond acceptors (Lipinski definition) is 4. The summed E-state index contributed by atoms with van der Waals surface area (Å²) in [6.45, 7) is -0.0919. The van der Waals surface area contributed by atoms with Gasteiger partial charge in [0.05, 0.1) is 6.54 Å². The number of rotatable bonds is 3. The number of amides is 1. The maximum atomic E-state index is 12.4. The number of carbonyl (C=O) groups is 1. The molecule has 1 amide bonds. The van der Waals surface area contributed by atoms with Crippen molar-refractivity contribution in [3.8, 4) is 11.3 Å². The zero-order chi connectivity index (χ0) is 17.2. The van der Waals surface area contributed by atoms with E-state index >= 15 is 0 Å². The van der Waals surface area contributed by atoms with Crippen LogP contribution in [-0.2, 0) is 0 Å². The second-order valence-electron chi connectivity index (χ2n) is 5.63. The molecule has 2 heterocycles. The van der Waals surface area contributed by atoms with E-state index in [0.717, 1.165) is 5.56 Å². The number of aromatic nitrogens is 1. The van der Waals surface area contributed by atoms with Gasteiger partial charge in [0.2, 0.25) is 0 Å². The van der Waals surface area contributed by atoms with Crippen LogP contribution in [0.4, 0.5) is 13.2 Å². The maximum Gasteiger partial charge on any atom is 0.401 e. The average molecular weight is 339 g/mol. The molecule has 1 aliphatic rings. The minimum absolute atomic E-state index is 0.165. The molecule has 1 aromatic carbocycles. The molecule has 0 aliphatic carbocycles. The Hall–Kier alpha value is -2.35.